The molecule has 0 aromatic heterocycles. The molecule has 5 fully saturated rings. The molecule has 1 aliphatic heterocycles. The van der Waals surface area contributed by atoms with E-state index in [0.29, 0.717) is 17.1 Å². The normalized spacial score (nSPS) is 51.3. The van der Waals surface area contributed by atoms with Gasteiger partial charge < -0.3 is 10.2 Å². The fourth-order valence-corrected chi connectivity index (χ4v) is 7.78. The molecule has 4 nitrogen and oxygen atoms in total. The zero-order valence-electron chi connectivity index (χ0n) is 17.3. The van der Waals surface area contributed by atoms with Gasteiger partial charge in [-0.2, -0.15) is 0 Å². The SMILES string of the molecule is C[C@@H]1CC2CC(=NOC3CNC3)CC[C@]2(C)[C@H]2CC[C@]3(C)C(=O)CC[C@H]3[C@H]12. The van der Waals surface area contributed by atoms with Crippen LogP contribution in [0.2, 0.25) is 0 Å². The third kappa shape index (κ3) is 2.65. The number of carbonyl (C=O) groups is 1. The van der Waals surface area contributed by atoms with Gasteiger partial charge >= 0.3 is 0 Å². The average molecular weight is 373 g/mol. The Morgan fingerprint density at radius 2 is 1.93 bits per heavy atom. The Kier molecular flexibility index (Phi) is 4.24. The molecule has 0 radical (unpaired) electrons. The summed E-state index contributed by atoms with van der Waals surface area (Å²) in [6, 6.07) is 0. The minimum absolute atomic E-state index is 0.00937. The maximum Gasteiger partial charge on any atom is 0.152 e. The van der Waals surface area contributed by atoms with Crippen LogP contribution < -0.4 is 5.32 Å². The van der Waals surface area contributed by atoms with Crippen molar-refractivity contribution >= 4 is 11.5 Å². The van der Waals surface area contributed by atoms with E-state index in [4.69, 9.17) is 4.84 Å². The first kappa shape index (κ1) is 18.1. The van der Waals surface area contributed by atoms with Gasteiger partial charge in [0.05, 0.1) is 5.71 Å². The van der Waals surface area contributed by atoms with Crippen LogP contribution in [0, 0.1) is 40.4 Å². The number of hydrogen-bond donors (Lipinski definition) is 1. The first-order chi connectivity index (χ1) is 12.9. The summed E-state index contributed by atoms with van der Waals surface area (Å²) in [6.07, 6.45) is 9.46. The number of Topliss-reactive ketones (excluding diaryl/α,β-unsaturated/α-hetero) is 1. The van der Waals surface area contributed by atoms with Crippen molar-refractivity contribution in [3.8, 4) is 0 Å². The van der Waals surface area contributed by atoms with Gasteiger partial charge in [0.25, 0.3) is 0 Å². The topological polar surface area (TPSA) is 50.7 Å². The molecule has 0 aromatic rings. The lowest BCUT2D eigenvalue weighted by atomic mass is 9.43. The van der Waals surface area contributed by atoms with Crippen molar-refractivity contribution in [2.75, 3.05) is 13.1 Å². The molecule has 27 heavy (non-hydrogen) atoms. The molecular formula is C23H36N2O2. The van der Waals surface area contributed by atoms with Gasteiger partial charge in [-0.15, -0.1) is 0 Å². The van der Waals surface area contributed by atoms with Gasteiger partial charge in [0.1, 0.15) is 5.78 Å². The molecule has 4 aliphatic carbocycles. The number of oxime groups is 1. The Hall–Kier alpha value is -0.900. The lowest BCUT2D eigenvalue weighted by Crippen LogP contribution is -2.56. The number of hydrogen-bond acceptors (Lipinski definition) is 4. The Labute approximate surface area is 163 Å². The van der Waals surface area contributed by atoms with Crippen molar-refractivity contribution < 1.29 is 9.63 Å². The molecule has 7 atom stereocenters. The Morgan fingerprint density at radius 1 is 1.11 bits per heavy atom. The highest BCUT2D eigenvalue weighted by Gasteiger charge is 2.61. The van der Waals surface area contributed by atoms with Gasteiger partial charge in [0.15, 0.2) is 6.10 Å². The number of nitrogens with zero attached hydrogens (tertiary/aromatic N) is 1. The summed E-state index contributed by atoms with van der Waals surface area (Å²) in [5.74, 6) is 4.23. The summed E-state index contributed by atoms with van der Waals surface area (Å²) in [5.41, 5.74) is 1.72. The molecule has 1 N–H and O–H groups in total. The van der Waals surface area contributed by atoms with Gasteiger partial charge in [0, 0.05) is 24.9 Å². The predicted molar refractivity (Wildman–Crippen MR) is 106 cm³/mol. The summed E-state index contributed by atoms with van der Waals surface area (Å²) in [5, 5.41) is 7.81. The molecule has 1 unspecified atom stereocenters. The van der Waals surface area contributed by atoms with Crippen LogP contribution in [0.25, 0.3) is 0 Å². The van der Waals surface area contributed by atoms with E-state index in [2.05, 4.69) is 31.2 Å². The van der Waals surface area contributed by atoms with E-state index in [9.17, 15) is 4.79 Å². The second-order valence-corrected chi connectivity index (χ2v) is 10.9. The third-order valence-corrected chi connectivity index (χ3v) is 9.64. The van der Waals surface area contributed by atoms with E-state index < -0.39 is 0 Å². The van der Waals surface area contributed by atoms with Crippen LogP contribution in [0.4, 0.5) is 0 Å². The van der Waals surface area contributed by atoms with Crippen LogP contribution in [0.3, 0.4) is 0 Å². The largest absolute Gasteiger partial charge is 0.390 e. The summed E-state index contributed by atoms with van der Waals surface area (Å²) in [4.78, 5) is 18.4. The molecule has 0 aromatic carbocycles. The molecular weight excluding hydrogens is 336 g/mol. The first-order valence-corrected chi connectivity index (χ1v) is 11.4. The quantitative estimate of drug-likeness (QED) is 0.740. The summed E-state index contributed by atoms with van der Waals surface area (Å²) < 4.78 is 0. The fraction of sp³-hybridized carbons (Fsp3) is 0.913. The first-order valence-electron chi connectivity index (χ1n) is 11.4. The standard InChI is InChI=1S/C23H36N2O2/c1-14-10-15-11-16(25-27-17-12-24-13-17)6-8-22(15,2)19-7-9-23(3)18(21(14)19)4-5-20(23)26/h14-15,17-19,21,24H,4-13H2,1-3H3/t14-,15?,18+,19+,21+,22+,23+/m1/s1. The van der Waals surface area contributed by atoms with Crippen molar-refractivity contribution in [3.05, 3.63) is 0 Å². The van der Waals surface area contributed by atoms with E-state index in [0.717, 1.165) is 68.9 Å². The molecule has 0 amide bonds. The number of ketones is 1. The van der Waals surface area contributed by atoms with Crippen LogP contribution in [0.1, 0.15) is 72.1 Å². The fourth-order valence-electron chi connectivity index (χ4n) is 7.78. The number of carbonyl (C=O) groups excluding carboxylic acids is 1. The van der Waals surface area contributed by atoms with Crippen LogP contribution in [-0.2, 0) is 9.63 Å². The van der Waals surface area contributed by atoms with Crippen LogP contribution in [0.5, 0.6) is 0 Å². The highest BCUT2D eigenvalue weighted by atomic mass is 16.6. The number of rotatable bonds is 2. The van der Waals surface area contributed by atoms with Crippen molar-refractivity contribution in [3.63, 3.8) is 0 Å². The van der Waals surface area contributed by atoms with E-state index >= 15 is 0 Å². The monoisotopic (exact) mass is 372 g/mol. The summed E-state index contributed by atoms with van der Waals surface area (Å²) in [7, 11) is 0. The van der Waals surface area contributed by atoms with E-state index in [1.54, 1.807) is 0 Å². The predicted octanol–water partition coefficient (Wildman–Crippen LogP) is 4.19. The van der Waals surface area contributed by atoms with Crippen molar-refractivity contribution in [2.24, 2.45) is 45.6 Å². The molecule has 5 rings (SSSR count). The molecule has 1 heterocycles. The molecule has 150 valence electrons. The van der Waals surface area contributed by atoms with E-state index in [1.165, 1.54) is 25.0 Å². The molecule has 0 spiro atoms. The van der Waals surface area contributed by atoms with Gasteiger partial charge in [-0.05, 0) is 80.0 Å². The molecule has 4 saturated carbocycles. The summed E-state index contributed by atoms with van der Waals surface area (Å²) >= 11 is 0. The second kappa shape index (κ2) is 6.30. The average Bonchev–Trinajstić information content (AvgIpc) is 2.90. The lowest BCUT2D eigenvalue weighted by molar-refractivity contribution is -0.143. The third-order valence-electron chi connectivity index (χ3n) is 9.64. The molecule has 5 aliphatic rings. The highest BCUT2D eigenvalue weighted by molar-refractivity contribution is 5.87. The zero-order chi connectivity index (χ0) is 18.8. The molecule has 0 bridgehead atoms. The van der Waals surface area contributed by atoms with Gasteiger partial charge in [0.2, 0.25) is 0 Å². The smallest absolute Gasteiger partial charge is 0.152 e. The second-order valence-electron chi connectivity index (χ2n) is 10.9. The Bertz CT molecular complexity index is 657. The maximum atomic E-state index is 12.6. The summed E-state index contributed by atoms with van der Waals surface area (Å²) in [6.45, 7) is 9.24. The zero-order valence-corrected chi connectivity index (χ0v) is 17.3. The van der Waals surface area contributed by atoms with Crippen LogP contribution >= 0.6 is 0 Å². The van der Waals surface area contributed by atoms with Gasteiger partial charge in [-0.1, -0.05) is 25.9 Å². The highest BCUT2D eigenvalue weighted by Crippen LogP contribution is 2.66. The minimum Gasteiger partial charge on any atom is -0.390 e. The minimum atomic E-state index is -0.00937. The van der Waals surface area contributed by atoms with Crippen molar-refractivity contribution in [2.45, 2.75) is 78.2 Å². The van der Waals surface area contributed by atoms with Crippen molar-refractivity contribution in [1.29, 1.82) is 0 Å². The Balaban J connectivity index is 1.36. The van der Waals surface area contributed by atoms with Crippen LogP contribution in [0.15, 0.2) is 5.16 Å². The van der Waals surface area contributed by atoms with Crippen LogP contribution in [-0.4, -0.2) is 30.7 Å². The molecule has 1 saturated heterocycles. The number of fused-ring (bicyclic) bond motifs is 5. The maximum absolute atomic E-state index is 12.6. The Morgan fingerprint density at radius 3 is 2.67 bits per heavy atom. The van der Waals surface area contributed by atoms with Crippen molar-refractivity contribution in [1.82, 2.24) is 5.32 Å². The van der Waals surface area contributed by atoms with Gasteiger partial charge in [-0.25, -0.2) is 0 Å². The lowest BCUT2D eigenvalue weighted by Gasteiger charge is -2.61. The van der Waals surface area contributed by atoms with Gasteiger partial charge in [-0.3, -0.25) is 4.79 Å². The molecule has 4 heteroatoms. The van der Waals surface area contributed by atoms with E-state index in [-0.39, 0.29) is 11.5 Å². The number of nitrogens with one attached hydrogen (secondary N) is 1. The van der Waals surface area contributed by atoms with E-state index in [1.807, 2.05) is 0 Å².